The van der Waals surface area contributed by atoms with Crippen LogP contribution in [0.2, 0.25) is 5.02 Å². The number of aliphatic carboxylic acids is 1. The molecule has 18 heavy (non-hydrogen) atoms. The summed E-state index contributed by atoms with van der Waals surface area (Å²) in [7, 11) is 0. The van der Waals surface area contributed by atoms with E-state index in [0.717, 1.165) is 5.56 Å². The van der Waals surface area contributed by atoms with E-state index in [9.17, 15) is 4.79 Å². The highest BCUT2D eigenvalue weighted by Gasteiger charge is 2.09. The number of carboxylic acids is 1. The van der Waals surface area contributed by atoms with Gasteiger partial charge in [0.2, 0.25) is 5.16 Å². The summed E-state index contributed by atoms with van der Waals surface area (Å²) in [5.41, 5.74) is 1.06. The minimum atomic E-state index is -0.976. The van der Waals surface area contributed by atoms with E-state index in [1.54, 1.807) is 12.1 Å². The van der Waals surface area contributed by atoms with Crippen molar-refractivity contribution in [2.45, 2.75) is 17.5 Å². The molecule has 1 heterocycles. The molecule has 0 saturated heterocycles. The van der Waals surface area contributed by atoms with Crippen LogP contribution in [0.15, 0.2) is 29.4 Å². The van der Waals surface area contributed by atoms with E-state index in [4.69, 9.17) is 16.7 Å². The Hall–Kier alpha value is -1.60. The summed E-state index contributed by atoms with van der Waals surface area (Å²) in [6, 6.07) is 7.41. The molecule has 94 valence electrons. The fourth-order valence-corrected chi connectivity index (χ4v) is 2.21. The Bertz CT molecular complexity index is 543. The molecule has 0 fully saturated rings. The average Bonchev–Trinajstić information content (AvgIpc) is 2.75. The Morgan fingerprint density at radius 1 is 1.39 bits per heavy atom. The number of hydrogen-bond acceptors (Lipinski definition) is 5. The molecule has 0 amide bonds. The van der Waals surface area contributed by atoms with Crippen LogP contribution in [0, 0.1) is 0 Å². The fraction of sp³-hybridized carbons (Fsp3) is 0.200. The van der Waals surface area contributed by atoms with Gasteiger partial charge in [0.15, 0.2) is 0 Å². The Kier molecular flexibility index (Phi) is 4.16. The fourth-order valence-electron chi connectivity index (χ4n) is 1.26. The second-order valence-corrected chi connectivity index (χ2v) is 4.81. The predicted molar refractivity (Wildman–Crippen MR) is 66.5 cm³/mol. The third-order valence-corrected chi connectivity index (χ3v) is 3.35. The first-order valence-electron chi connectivity index (χ1n) is 5.00. The van der Waals surface area contributed by atoms with Crippen LogP contribution in [0.1, 0.15) is 5.56 Å². The van der Waals surface area contributed by atoms with Crippen LogP contribution >= 0.6 is 23.4 Å². The lowest BCUT2D eigenvalue weighted by atomic mass is 10.2. The van der Waals surface area contributed by atoms with Gasteiger partial charge in [0.1, 0.15) is 6.54 Å². The van der Waals surface area contributed by atoms with Crippen LogP contribution in [0.25, 0.3) is 0 Å². The Labute approximate surface area is 112 Å². The molecule has 6 nitrogen and oxygen atoms in total. The lowest BCUT2D eigenvalue weighted by Crippen LogP contribution is -2.11. The van der Waals surface area contributed by atoms with Crippen LogP contribution in [0.5, 0.6) is 0 Å². The maximum absolute atomic E-state index is 10.6. The Morgan fingerprint density at radius 3 is 2.78 bits per heavy atom. The zero-order chi connectivity index (χ0) is 13.0. The summed E-state index contributed by atoms with van der Waals surface area (Å²) in [6.07, 6.45) is 0. The van der Waals surface area contributed by atoms with Gasteiger partial charge in [-0.25, -0.2) is 4.68 Å². The first-order valence-corrected chi connectivity index (χ1v) is 6.36. The molecular weight excluding hydrogens is 276 g/mol. The maximum Gasteiger partial charge on any atom is 0.325 e. The molecule has 1 aromatic carbocycles. The van der Waals surface area contributed by atoms with Crippen molar-refractivity contribution >= 4 is 29.3 Å². The number of carbonyl (C=O) groups is 1. The molecule has 2 rings (SSSR count). The smallest absolute Gasteiger partial charge is 0.325 e. The van der Waals surface area contributed by atoms with Gasteiger partial charge in [-0.2, -0.15) is 0 Å². The molecule has 0 aliphatic heterocycles. The van der Waals surface area contributed by atoms with E-state index in [2.05, 4.69) is 15.5 Å². The third-order valence-electron chi connectivity index (χ3n) is 2.07. The minimum absolute atomic E-state index is 0.240. The molecular formula is C10H9ClN4O2S. The first kappa shape index (κ1) is 12.8. The number of rotatable bonds is 5. The molecule has 2 aromatic rings. The van der Waals surface area contributed by atoms with Crippen LogP contribution in [-0.4, -0.2) is 31.3 Å². The minimum Gasteiger partial charge on any atom is -0.480 e. The van der Waals surface area contributed by atoms with Crippen LogP contribution in [0.4, 0.5) is 0 Å². The molecule has 0 radical (unpaired) electrons. The molecule has 0 saturated carbocycles. The van der Waals surface area contributed by atoms with Gasteiger partial charge in [0.05, 0.1) is 0 Å². The van der Waals surface area contributed by atoms with Crippen molar-refractivity contribution < 1.29 is 9.90 Å². The predicted octanol–water partition coefficient (Wildman–Crippen LogP) is 1.70. The quantitative estimate of drug-likeness (QED) is 0.842. The van der Waals surface area contributed by atoms with Crippen molar-refractivity contribution in [3.63, 3.8) is 0 Å². The number of thioether (sulfide) groups is 1. The van der Waals surface area contributed by atoms with E-state index in [1.807, 2.05) is 12.1 Å². The van der Waals surface area contributed by atoms with Gasteiger partial charge in [-0.15, -0.1) is 5.10 Å². The number of halogens is 1. The summed E-state index contributed by atoms with van der Waals surface area (Å²) < 4.78 is 1.25. The average molecular weight is 285 g/mol. The van der Waals surface area contributed by atoms with Gasteiger partial charge >= 0.3 is 5.97 Å². The maximum atomic E-state index is 10.6. The normalized spacial score (nSPS) is 10.5. The summed E-state index contributed by atoms with van der Waals surface area (Å²) in [5, 5.41) is 20.7. The van der Waals surface area contributed by atoms with Crippen molar-refractivity contribution in [1.29, 1.82) is 0 Å². The second-order valence-electron chi connectivity index (χ2n) is 3.43. The number of benzene rings is 1. The summed E-state index contributed by atoms with van der Waals surface area (Å²) in [6.45, 7) is -0.240. The van der Waals surface area contributed by atoms with E-state index >= 15 is 0 Å². The van der Waals surface area contributed by atoms with E-state index in [-0.39, 0.29) is 6.54 Å². The highest BCUT2D eigenvalue weighted by molar-refractivity contribution is 7.98. The molecule has 0 spiro atoms. The second kappa shape index (κ2) is 5.83. The van der Waals surface area contributed by atoms with Gasteiger partial charge < -0.3 is 5.11 Å². The van der Waals surface area contributed by atoms with Crippen molar-refractivity contribution in [1.82, 2.24) is 20.2 Å². The van der Waals surface area contributed by atoms with Gasteiger partial charge in [0.25, 0.3) is 0 Å². The van der Waals surface area contributed by atoms with E-state index < -0.39 is 5.97 Å². The van der Waals surface area contributed by atoms with Crippen LogP contribution in [0.3, 0.4) is 0 Å². The van der Waals surface area contributed by atoms with Crippen molar-refractivity contribution in [2.24, 2.45) is 0 Å². The number of tetrazole rings is 1. The van der Waals surface area contributed by atoms with Crippen LogP contribution in [-0.2, 0) is 17.1 Å². The molecule has 0 bridgehead atoms. The Morgan fingerprint density at radius 2 is 2.11 bits per heavy atom. The van der Waals surface area contributed by atoms with Gasteiger partial charge in [0, 0.05) is 10.8 Å². The van der Waals surface area contributed by atoms with Gasteiger partial charge in [-0.05, 0) is 28.1 Å². The molecule has 0 unspecified atom stereocenters. The standard InChI is InChI=1S/C10H9ClN4O2S/c11-8-3-1-7(2-4-8)6-18-10-12-13-14-15(10)5-9(16)17/h1-4H,5-6H2,(H,16,17). The lowest BCUT2D eigenvalue weighted by Gasteiger charge is -2.02. The summed E-state index contributed by atoms with van der Waals surface area (Å²) in [5.74, 6) is -0.326. The van der Waals surface area contributed by atoms with Crippen molar-refractivity contribution in [3.8, 4) is 0 Å². The van der Waals surface area contributed by atoms with Gasteiger partial charge in [-0.3, -0.25) is 4.79 Å². The van der Waals surface area contributed by atoms with E-state index in [0.29, 0.717) is 15.9 Å². The zero-order valence-electron chi connectivity index (χ0n) is 9.15. The summed E-state index contributed by atoms with van der Waals surface area (Å²) in [4.78, 5) is 10.6. The van der Waals surface area contributed by atoms with Crippen molar-refractivity contribution in [2.75, 3.05) is 0 Å². The monoisotopic (exact) mass is 284 g/mol. The molecule has 1 N–H and O–H groups in total. The molecule has 1 aromatic heterocycles. The van der Waals surface area contributed by atoms with Gasteiger partial charge in [-0.1, -0.05) is 35.5 Å². The topological polar surface area (TPSA) is 80.9 Å². The molecule has 0 atom stereocenters. The number of aromatic nitrogens is 4. The van der Waals surface area contributed by atoms with Crippen molar-refractivity contribution in [3.05, 3.63) is 34.9 Å². The third kappa shape index (κ3) is 3.44. The molecule has 0 aliphatic rings. The Balaban J connectivity index is 1.99. The lowest BCUT2D eigenvalue weighted by molar-refractivity contribution is -0.138. The summed E-state index contributed by atoms with van der Waals surface area (Å²) >= 11 is 7.16. The first-order chi connectivity index (χ1) is 8.65. The molecule has 8 heteroatoms. The van der Waals surface area contributed by atoms with E-state index in [1.165, 1.54) is 16.4 Å². The number of nitrogens with zero attached hydrogens (tertiary/aromatic N) is 4. The largest absolute Gasteiger partial charge is 0.480 e. The van der Waals surface area contributed by atoms with Crippen LogP contribution < -0.4 is 0 Å². The SMILES string of the molecule is O=C(O)Cn1nnnc1SCc1ccc(Cl)cc1. The zero-order valence-corrected chi connectivity index (χ0v) is 10.7. The number of carboxylic acid groups (broad SMARTS) is 1. The molecule has 0 aliphatic carbocycles. The highest BCUT2D eigenvalue weighted by atomic mass is 35.5. The highest BCUT2D eigenvalue weighted by Crippen LogP contribution is 2.20. The number of hydrogen-bond donors (Lipinski definition) is 1.